The van der Waals surface area contributed by atoms with Crippen LogP contribution >= 0.6 is 15.9 Å². The second kappa shape index (κ2) is 4.17. The third-order valence-corrected chi connectivity index (χ3v) is 3.31. The molecule has 90 valence electrons. The Morgan fingerprint density at radius 2 is 2.22 bits per heavy atom. The van der Waals surface area contributed by atoms with Crippen molar-refractivity contribution in [2.24, 2.45) is 0 Å². The zero-order valence-electron chi connectivity index (χ0n) is 9.21. The lowest BCUT2D eigenvalue weighted by molar-refractivity contribution is 0.624. The van der Waals surface area contributed by atoms with Crippen LogP contribution in [0.15, 0.2) is 33.8 Å². The highest BCUT2D eigenvalue weighted by Gasteiger charge is 2.19. The van der Waals surface area contributed by atoms with E-state index in [2.05, 4.69) is 25.9 Å². The molecule has 3 nitrogen and oxygen atoms in total. The Balaban J connectivity index is 2.13. The molecule has 2 aromatic rings. The molecule has 1 aromatic heterocycles. The van der Waals surface area contributed by atoms with Crippen LogP contribution in [0.2, 0.25) is 0 Å². The van der Waals surface area contributed by atoms with Gasteiger partial charge in [0.2, 0.25) is 0 Å². The maximum Gasteiger partial charge on any atom is 0.274 e. The number of aromatic nitrogens is 2. The molecule has 1 heterocycles. The van der Waals surface area contributed by atoms with Crippen molar-refractivity contribution >= 4 is 27.6 Å². The Kier molecular flexibility index (Phi) is 2.63. The van der Waals surface area contributed by atoms with Gasteiger partial charge in [0.05, 0.1) is 0 Å². The van der Waals surface area contributed by atoms with E-state index in [1.807, 2.05) is 6.07 Å². The molecule has 1 N–H and O–H groups in total. The van der Waals surface area contributed by atoms with Gasteiger partial charge < -0.3 is 4.98 Å². The number of fused-ring (bicyclic) bond motifs is 1. The molecule has 1 aromatic carbocycles. The zero-order chi connectivity index (χ0) is 12.7. The number of rotatable bonds is 1. The van der Waals surface area contributed by atoms with Gasteiger partial charge in [0, 0.05) is 18.2 Å². The Morgan fingerprint density at radius 1 is 1.39 bits per heavy atom. The summed E-state index contributed by atoms with van der Waals surface area (Å²) in [5.41, 5.74) is 2.23. The van der Waals surface area contributed by atoms with Crippen LogP contribution in [0, 0.1) is 5.82 Å². The summed E-state index contributed by atoms with van der Waals surface area (Å²) in [7, 11) is 0. The number of aromatic amines is 1. The van der Waals surface area contributed by atoms with Crippen molar-refractivity contribution in [2.75, 3.05) is 0 Å². The van der Waals surface area contributed by atoms with Gasteiger partial charge in [0.25, 0.3) is 5.56 Å². The molecule has 1 aliphatic carbocycles. The highest BCUT2D eigenvalue weighted by Crippen LogP contribution is 2.31. The fraction of sp³-hybridized carbons (Fsp3) is 0.0769. The lowest BCUT2D eigenvalue weighted by atomic mass is 10.1. The monoisotopic (exact) mass is 306 g/mol. The minimum Gasteiger partial charge on any atom is -0.325 e. The third-order valence-electron chi connectivity index (χ3n) is 2.90. The maximum absolute atomic E-state index is 13.6. The Morgan fingerprint density at radius 3 is 3.00 bits per heavy atom. The van der Waals surface area contributed by atoms with Crippen molar-refractivity contribution in [3.05, 3.63) is 62.0 Å². The van der Waals surface area contributed by atoms with Gasteiger partial charge in [-0.25, -0.2) is 9.37 Å². The van der Waals surface area contributed by atoms with Crippen LogP contribution in [0.3, 0.4) is 0 Å². The first-order valence-corrected chi connectivity index (χ1v) is 6.18. The third kappa shape index (κ3) is 1.80. The zero-order valence-corrected chi connectivity index (χ0v) is 10.8. The second-order valence-corrected chi connectivity index (χ2v) is 4.87. The van der Waals surface area contributed by atoms with E-state index < -0.39 is 0 Å². The summed E-state index contributed by atoms with van der Waals surface area (Å²) in [4.78, 5) is 18.5. The van der Waals surface area contributed by atoms with E-state index in [4.69, 9.17) is 0 Å². The fourth-order valence-corrected chi connectivity index (χ4v) is 2.37. The molecule has 18 heavy (non-hydrogen) atoms. The molecule has 0 radical (unpaired) electrons. The molecular formula is C13H8BrFN2O. The number of nitrogens with zero attached hydrogens (tertiary/aromatic N) is 1. The summed E-state index contributed by atoms with van der Waals surface area (Å²) in [6.45, 7) is 0. The van der Waals surface area contributed by atoms with Crippen LogP contribution < -0.4 is 5.56 Å². The van der Waals surface area contributed by atoms with E-state index in [-0.39, 0.29) is 11.4 Å². The summed E-state index contributed by atoms with van der Waals surface area (Å²) in [6, 6.07) is 4.94. The van der Waals surface area contributed by atoms with E-state index in [1.54, 1.807) is 12.1 Å². The van der Waals surface area contributed by atoms with Crippen LogP contribution in [0.1, 0.15) is 16.8 Å². The number of hydrogen-bond donors (Lipinski definition) is 1. The van der Waals surface area contributed by atoms with Crippen molar-refractivity contribution < 1.29 is 4.39 Å². The average Bonchev–Trinajstić information content (AvgIpc) is 2.77. The predicted molar refractivity (Wildman–Crippen MR) is 70.5 cm³/mol. The second-order valence-electron chi connectivity index (χ2n) is 4.06. The van der Waals surface area contributed by atoms with Gasteiger partial charge in [-0.1, -0.05) is 12.1 Å². The van der Waals surface area contributed by atoms with Crippen molar-refractivity contribution in [1.29, 1.82) is 0 Å². The minimum atomic E-state index is -0.270. The lowest BCUT2D eigenvalue weighted by Gasteiger charge is -2.00. The van der Waals surface area contributed by atoms with Crippen LogP contribution in [-0.2, 0) is 6.42 Å². The number of nitrogens with one attached hydrogen (secondary N) is 1. The van der Waals surface area contributed by atoms with Crippen LogP contribution in [0.25, 0.3) is 11.6 Å². The van der Waals surface area contributed by atoms with Crippen molar-refractivity contribution in [2.45, 2.75) is 6.42 Å². The lowest BCUT2D eigenvalue weighted by Crippen LogP contribution is -2.13. The van der Waals surface area contributed by atoms with E-state index >= 15 is 0 Å². The predicted octanol–water partition coefficient (Wildman–Crippen LogP) is 2.77. The summed E-state index contributed by atoms with van der Waals surface area (Å²) >= 11 is 3.21. The average molecular weight is 307 g/mol. The first kappa shape index (κ1) is 11.3. The summed E-state index contributed by atoms with van der Waals surface area (Å²) in [6.07, 6.45) is 3.70. The smallest absolute Gasteiger partial charge is 0.274 e. The molecule has 0 atom stereocenters. The number of H-pyrrole nitrogens is 1. The van der Waals surface area contributed by atoms with Crippen LogP contribution in [0.5, 0.6) is 0 Å². The topological polar surface area (TPSA) is 45.8 Å². The van der Waals surface area contributed by atoms with Gasteiger partial charge >= 0.3 is 0 Å². The van der Waals surface area contributed by atoms with E-state index in [9.17, 15) is 9.18 Å². The molecule has 3 rings (SSSR count). The summed E-state index contributed by atoms with van der Waals surface area (Å²) in [5, 5.41) is 0. The number of hydrogen-bond acceptors (Lipinski definition) is 2. The minimum absolute atomic E-state index is 0.266. The van der Waals surface area contributed by atoms with Gasteiger partial charge in [0.15, 0.2) is 0 Å². The number of halogens is 2. The number of allylic oxidation sites excluding steroid dienone is 1. The van der Waals surface area contributed by atoms with E-state index in [0.29, 0.717) is 22.3 Å². The van der Waals surface area contributed by atoms with Gasteiger partial charge in [-0.05, 0) is 39.2 Å². The Hall–Kier alpha value is -1.75. The first-order valence-electron chi connectivity index (χ1n) is 5.39. The standard InChI is InChI=1S/C13H8BrFN2O/c14-11-6-16-13(18)12(17-11)8-4-7-2-1-3-10(15)9(7)5-8/h1-3,5-6H,4H2,(H,16,18). The first-order chi connectivity index (χ1) is 8.65. The number of benzene rings is 1. The van der Waals surface area contributed by atoms with E-state index in [1.165, 1.54) is 12.3 Å². The molecule has 5 heteroatoms. The quantitative estimate of drug-likeness (QED) is 0.880. The van der Waals surface area contributed by atoms with E-state index in [0.717, 1.165) is 11.1 Å². The van der Waals surface area contributed by atoms with Crippen molar-refractivity contribution in [3.63, 3.8) is 0 Å². The molecule has 0 saturated heterocycles. The van der Waals surface area contributed by atoms with Gasteiger partial charge in [-0.3, -0.25) is 4.79 Å². The molecule has 1 aliphatic rings. The van der Waals surface area contributed by atoms with Crippen molar-refractivity contribution in [3.8, 4) is 0 Å². The Bertz CT molecular complexity index is 721. The fourth-order valence-electron chi connectivity index (χ4n) is 2.08. The highest BCUT2D eigenvalue weighted by molar-refractivity contribution is 9.10. The van der Waals surface area contributed by atoms with Gasteiger partial charge in [0.1, 0.15) is 16.1 Å². The normalized spacial score (nSPS) is 13.3. The molecule has 0 unspecified atom stereocenters. The molecule has 0 fully saturated rings. The molecule has 0 bridgehead atoms. The summed E-state index contributed by atoms with van der Waals surface area (Å²) < 4.78 is 14.1. The maximum atomic E-state index is 13.6. The van der Waals surface area contributed by atoms with Gasteiger partial charge in [-0.15, -0.1) is 0 Å². The molecule has 0 amide bonds. The largest absolute Gasteiger partial charge is 0.325 e. The SMILES string of the molecule is O=c1[nH]cc(Br)nc1C1=Cc2c(F)cccc2C1. The van der Waals surface area contributed by atoms with Crippen LogP contribution in [0.4, 0.5) is 4.39 Å². The van der Waals surface area contributed by atoms with Gasteiger partial charge in [-0.2, -0.15) is 0 Å². The van der Waals surface area contributed by atoms with Crippen LogP contribution in [-0.4, -0.2) is 9.97 Å². The molecule has 0 spiro atoms. The Labute approximate surface area is 111 Å². The molecular weight excluding hydrogens is 299 g/mol. The highest BCUT2D eigenvalue weighted by atomic mass is 79.9. The van der Waals surface area contributed by atoms with Crippen molar-refractivity contribution in [1.82, 2.24) is 9.97 Å². The molecule has 0 aliphatic heterocycles. The summed E-state index contributed by atoms with van der Waals surface area (Å²) in [5.74, 6) is -0.270. The molecule has 0 saturated carbocycles.